The normalized spacial score (nSPS) is 17.7. The van der Waals surface area contributed by atoms with Gasteiger partial charge < -0.3 is 4.57 Å². The largest absolute Gasteiger partial charge is 0.350 e. The number of amides is 1. The van der Waals surface area contributed by atoms with Gasteiger partial charge in [0.2, 0.25) is 0 Å². The zero-order valence-electron chi connectivity index (χ0n) is 11.3. The fraction of sp³-hybridized carbons (Fsp3) is 0.200. The first-order valence-corrected chi connectivity index (χ1v) is 7.63. The number of aromatic nitrogens is 1. The number of carbonyl (C=O) groups excluding carboxylic acids is 1. The van der Waals surface area contributed by atoms with Crippen molar-refractivity contribution < 1.29 is 4.79 Å². The molecule has 0 bridgehead atoms. The molecule has 1 saturated heterocycles. The molecule has 1 aliphatic rings. The van der Waals surface area contributed by atoms with Crippen molar-refractivity contribution in [3.8, 4) is 0 Å². The molecule has 5 heteroatoms. The Morgan fingerprint density at radius 3 is 2.80 bits per heavy atom. The van der Waals surface area contributed by atoms with Crippen LogP contribution >= 0.6 is 24.0 Å². The van der Waals surface area contributed by atoms with Crippen molar-refractivity contribution in [3.05, 3.63) is 40.9 Å². The Kier molecular flexibility index (Phi) is 3.40. The molecule has 20 heavy (non-hydrogen) atoms. The topological polar surface area (TPSA) is 25.2 Å². The molecule has 3 rings (SSSR count). The maximum atomic E-state index is 12.2. The summed E-state index contributed by atoms with van der Waals surface area (Å²) < 4.78 is 2.71. The number of hydrogen-bond donors (Lipinski definition) is 0. The minimum Gasteiger partial charge on any atom is -0.350 e. The Bertz CT molecular complexity index is 745. The van der Waals surface area contributed by atoms with E-state index in [9.17, 15) is 4.79 Å². The van der Waals surface area contributed by atoms with E-state index in [2.05, 4.69) is 16.7 Å². The molecule has 2 heterocycles. The van der Waals surface area contributed by atoms with Crippen LogP contribution in [0.3, 0.4) is 0 Å². The minimum absolute atomic E-state index is 0.00966. The Hall–Kier alpha value is -1.59. The quantitative estimate of drug-likeness (QED) is 0.628. The second-order valence-electron chi connectivity index (χ2n) is 4.64. The summed E-state index contributed by atoms with van der Waals surface area (Å²) in [6.07, 6.45) is 3.99. The van der Waals surface area contributed by atoms with Crippen LogP contribution < -0.4 is 0 Å². The van der Waals surface area contributed by atoms with Crippen LogP contribution in [0.15, 0.2) is 35.4 Å². The van der Waals surface area contributed by atoms with Gasteiger partial charge in [-0.2, -0.15) is 0 Å². The lowest BCUT2D eigenvalue weighted by atomic mass is 10.1. The van der Waals surface area contributed by atoms with Gasteiger partial charge in [-0.15, -0.1) is 0 Å². The Balaban J connectivity index is 2.08. The fourth-order valence-electron chi connectivity index (χ4n) is 2.40. The average Bonchev–Trinajstić information content (AvgIpc) is 2.89. The number of para-hydroxylation sites is 1. The van der Waals surface area contributed by atoms with Gasteiger partial charge in [0.25, 0.3) is 5.91 Å². The first-order chi connectivity index (χ1) is 9.61. The number of thioether (sulfide) groups is 1. The number of likely N-dealkylation sites (N-methyl/N-ethyl adjacent to an activating group) is 1. The predicted octanol–water partition coefficient (Wildman–Crippen LogP) is 3.40. The summed E-state index contributed by atoms with van der Waals surface area (Å²) in [7, 11) is 2.01. The summed E-state index contributed by atoms with van der Waals surface area (Å²) >= 11 is 6.61. The van der Waals surface area contributed by atoms with E-state index < -0.39 is 0 Å². The summed E-state index contributed by atoms with van der Waals surface area (Å²) in [5.41, 5.74) is 2.21. The first kappa shape index (κ1) is 13.4. The number of nitrogens with zero attached hydrogens (tertiary/aromatic N) is 2. The van der Waals surface area contributed by atoms with Gasteiger partial charge >= 0.3 is 0 Å². The van der Waals surface area contributed by atoms with Crippen molar-refractivity contribution in [3.63, 3.8) is 0 Å². The second-order valence-corrected chi connectivity index (χ2v) is 6.31. The van der Waals surface area contributed by atoms with Crippen LogP contribution in [-0.4, -0.2) is 26.2 Å². The van der Waals surface area contributed by atoms with Crippen molar-refractivity contribution in [1.82, 2.24) is 9.47 Å². The van der Waals surface area contributed by atoms with E-state index >= 15 is 0 Å². The highest BCUT2D eigenvalue weighted by molar-refractivity contribution is 8.26. The van der Waals surface area contributed by atoms with E-state index in [-0.39, 0.29) is 5.91 Å². The molecular weight excluding hydrogens is 288 g/mol. The van der Waals surface area contributed by atoms with Crippen LogP contribution in [0, 0.1) is 0 Å². The molecule has 2 aromatic rings. The van der Waals surface area contributed by atoms with Gasteiger partial charge in [-0.25, -0.2) is 0 Å². The number of benzene rings is 1. The summed E-state index contributed by atoms with van der Waals surface area (Å²) in [6.45, 7) is 2.56. The molecule has 0 unspecified atom stereocenters. The van der Waals surface area contributed by atoms with E-state index in [0.29, 0.717) is 15.8 Å². The third-order valence-electron chi connectivity index (χ3n) is 3.40. The lowest BCUT2D eigenvalue weighted by Gasteiger charge is -2.09. The standard InChI is InChI=1S/C15H14N2OS2/c1-3-17-14(18)13(20-15(17)19)8-10-9-16(2)12-7-5-4-6-11(10)12/h4-9H,3H2,1-2H3/b13-8+. The van der Waals surface area contributed by atoms with Crippen molar-refractivity contribution in [2.24, 2.45) is 7.05 Å². The summed E-state index contributed by atoms with van der Waals surface area (Å²) in [6, 6.07) is 8.17. The Labute approximate surface area is 127 Å². The highest BCUT2D eigenvalue weighted by Gasteiger charge is 2.30. The number of rotatable bonds is 2. The molecule has 0 atom stereocenters. The molecule has 0 aliphatic carbocycles. The molecule has 3 nitrogen and oxygen atoms in total. The molecule has 1 amide bonds. The molecule has 0 N–H and O–H groups in total. The van der Waals surface area contributed by atoms with Gasteiger partial charge in [0, 0.05) is 36.3 Å². The molecule has 0 spiro atoms. The average molecular weight is 302 g/mol. The van der Waals surface area contributed by atoms with Crippen molar-refractivity contribution in [2.45, 2.75) is 6.92 Å². The highest BCUT2D eigenvalue weighted by Crippen LogP contribution is 2.33. The van der Waals surface area contributed by atoms with Gasteiger partial charge in [-0.05, 0) is 19.1 Å². The van der Waals surface area contributed by atoms with Crippen LogP contribution in [0.2, 0.25) is 0 Å². The predicted molar refractivity (Wildman–Crippen MR) is 88.5 cm³/mol. The van der Waals surface area contributed by atoms with E-state index in [1.165, 1.54) is 11.8 Å². The van der Waals surface area contributed by atoms with Crippen LogP contribution in [-0.2, 0) is 11.8 Å². The highest BCUT2D eigenvalue weighted by atomic mass is 32.2. The molecule has 1 aliphatic heterocycles. The van der Waals surface area contributed by atoms with E-state index in [1.54, 1.807) is 4.90 Å². The van der Waals surface area contributed by atoms with Crippen molar-refractivity contribution in [1.29, 1.82) is 0 Å². The number of fused-ring (bicyclic) bond motifs is 1. The van der Waals surface area contributed by atoms with Crippen LogP contribution in [0.5, 0.6) is 0 Å². The van der Waals surface area contributed by atoms with Crippen molar-refractivity contribution in [2.75, 3.05) is 6.54 Å². The third kappa shape index (κ3) is 2.07. The van der Waals surface area contributed by atoms with E-state index in [1.807, 2.05) is 38.4 Å². The lowest BCUT2D eigenvalue weighted by molar-refractivity contribution is -0.121. The maximum Gasteiger partial charge on any atom is 0.266 e. The second kappa shape index (κ2) is 5.07. The third-order valence-corrected chi connectivity index (χ3v) is 4.78. The SMILES string of the molecule is CCN1C(=O)/C(=C\c2cn(C)c3ccccc23)SC1=S. The number of thiocarbonyl (C=S) groups is 1. The van der Waals surface area contributed by atoms with Crippen LogP contribution in [0.25, 0.3) is 17.0 Å². The van der Waals surface area contributed by atoms with E-state index in [0.717, 1.165) is 16.5 Å². The zero-order chi connectivity index (χ0) is 14.3. The number of hydrogen-bond acceptors (Lipinski definition) is 3. The minimum atomic E-state index is 0.00966. The summed E-state index contributed by atoms with van der Waals surface area (Å²) in [4.78, 5) is 14.6. The van der Waals surface area contributed by atoms with Gasteiger partial charge in [0.05, 0.1) is 4.91 Å². The molecule has 1 aromatic carbocycles. The zero-order valence-corrected chi connectivity index (χ0v) is 12.9. The maximum absolute atomic E-state index is 12.2. The van der Waals surface area contributed by atoms with Crippen LogP contribution in [0.4, 0.5) is 0 Å². The number of carbonyl (C=O) groups is 1. The first-order valence-electron chi connectivity index (χ1n) is 6.41. The van der Waals surface area contributed by atoms with Gasteiger partial charge in [0.1, 0.15) is 4.32 Å². The number of aryl methyl sites for hydroxylation is 1. The smallest absolute Gasteiger partial charge is 0.266 e. The molecule has 0 saturated carbocycles. The molecule has 1 aromatic heterocycles. The molecular formula is C15H14N2OS2. The molecule has 0 radical (unpaired) electrons. The lowest BCUT2D eigenvalue weighted by Crippen LogP contribution is -2.27. The molecule has 1 fully saturated rings. The molecule has 102 valence electrons. The van der Waals surface area contributed by atoms with Gasteiger partial charge in [-0.3, -0.25) is 9.69 Å². The Morgan fingerprint density at radius 2 is 2.10 bits per heavy atom. The van der Waals surface area contributed by atoms with E-state index in [4.69, 9.17) is 12.2 Å². The summed E-state index contributed by atoms with van der Waals surface area (Å²) in [5, 5.41) is 1.15. The monoisotopic (exact) mass is 302 g/mol. The fourth-order valence-corrected chi connectivity index (χ4v) is 3.78. The van der Waals surface area contributed by atoms with Crippen LogP contribution in [0.1, 0.15) is 12.5 Å². The van der Waals surface area contributed by atoms with Crippen molar-refractivity contribution >= 4 is 51.2 Å². The van der Waals surface area contributed by atoms with Gasteiger partial charge in [0.15, 0.2) is 0 Å². The van der Waals surface area contributed by atoms with Gasteiger partial charge in [-0.1, -0.05) is 42.2 Å². The summed E-state index contributed by atoms with van der Waals surface area (Å²) in [5.74, 6) is 0.00966. The Morgan fingerprint density at radius 1 is 1.35 bits per heavy atom.